The minimum Gasteiger partial charge on any atom is -0.378 e. The highest BCUT2D eigenvalue weighted by Gasteiger charge is 2.11. The minimum absolute atomic E-state index is 0.0976. The summed E-state index contributed by atoms with van der Waals surface area (Å²) in [5.74, 6) is 0. The summed E-state index contributed by atoms with van der Waals surface area (Å²) in [5.41, 5.74) is 0. The van der Waals surface area contributed by atoms with Crippen molar-refractivity contribution in [3.8, 4) is 0 Å². The van der Waals surface area contributed by atoms with Crippen LogP contribution in [0, 0.1) is 0 Å². The number of aromatic nitrogens is 1. The number of thiazole rings is 1. The second kappa shape index (κ2) is 3.48. The molecule has 12 heavy (non-hydrogen) atoms. The van der Waals surface area contributed by atoms with E-state index < -0.39 is 10.0 Å². The van der Waals surface area contributed by atoms with Crippen LogP contribution >= 0.6 is 11.3 Å². The van der Waals surface area contributed by atoms with Crippen LogP contribution in [0.15, 0.2) is 10.4 Å². The third kappa shape index (κ3) is 2.24. The normalized spacial score (nSPS) is 11.8. The highest BCUT2D eigenvalue weighted by molar-refractivity contribution is 7.89. The molecule has 0 radical (unpaired) electrons. The number of nitrogens with zero attached hydrogens (tertiary/aromatic N) is 1. The van der Waals surface area contributed by atoms with Crippen LogP contribution in [0.3, 0.4) is 0 Å². The van der Waals surface area contributed by atoms with E-state index in [9.17, 15) is 8.42 Å². The van der Waals surface area contributed by atoms with Crippen LogP contribution in [-0.2, 0) is 21.4 Å². The molecule has 0 spiro atoms. The number of rotatable bonds is 3. The molecule has 1 heterocycles. The SMILES string of the molecule is COCc1nc(S(N)(=O)=O)cs1. The summed E-state index contributed by atoms with van der Waals surface area (Å²) in [6.45, 7) is 0.306. The van der Waals surface area contributed by atoms with E-state index in [2.05, 4.69) is 4.98 Å². The second-order valence-electron chi connectivity index (χ2n) is 2.06. The molecule has 68 valence electrons. The van der Waals surface area contributed by atoms with Crippen molar-refractivity contribution in [2.24, 2.45) is 5.14 Å². The number of ether oxygens (including phenoxy) is 1. The van der Waals surface area contributed by atoms with Gasteiger partial charge in [-0.1, -0.05) is 0 Å². The van der Waals surface area contributed by atoms with E-state index in [4.69, 9.17) is 9.88 Å². The van der Waals surface area contributed by atoms with E-state index >= 15 is 0 Å². The fourth-order valence-corrected chi connectivity index (χ4v) is 2.22. The quantitative estimate of drug-likeness (QED) is 0.754. The smallest absolute Gasteiger partial charge is 0.256 e. The Balaban J connectivity index is 2.92. The van der Waals surface area contributed by atoms with E-state index in [0.29, 0.717) is 11.6 Å². The van der Waals surface area contributed by atoms with Gasteiger partial charge in [0.25, 0.3) is 10.0 Å². The molecule has 1 rings (SSSR count). The van der Waals surface area contributed by atoms with Gasteiger partial charge in [0, 0.05) is 12.5 Å². The molecule has 0 saturated heterocycles. The summed E-state index contributed by atoms with van der Waals surface area (Å²) < 4.78 is 26.2. The number of hydrogen-bond donors (Lipinski definition) is 1. The molecule has 0 aromatic carbocycles. The van der Waals surface area contributed by atoms with Gasteiger partial charge in [-0.3, -0.25) is 0 Å². The summed E-state index contributed by atoms with van der Waals surface area (Å²) in [7, 11) is -2.14. The van der Waals surface area contributed by atoms with Crippen LogP contribution in [0.5, 0.6) is 0 Å². The van der Waals surface area contributed by atoms with Gasteiger partial charge < -0.3 is 4.74 Å². The Bertz CT molecular complexity index is 357. The molecule has 0 aliphatic heterocycles. The minimum atomic E-state index is -3.66. The molecule has 0 aliphatic carbocycles. The van der Waals surface area contributed by atoms with E-state index in [0.717, 1.165) is 0 Å². The Morgan fingerprint density at radius 2 is 2.42 bits per heavy atom. The summed E-state index contributed by atoms with van der Waals surface area (Å²) in [6.07, 6.45) is 0. The summed E-state index contributed by atoms with van der Waals surface area (Å²) in [4.78, 5) is 3.75. The molecule has 7 heteroatoms. The van der Waals surface area contributed by atoms with Crippen molar-refractivity contribution in [1.29, 1.82) is 0 Å². The second-order valence-corrected chi connectivity index (χ2v) is 4.51. The highest BCUT2D eigenvalue weighted by Crippen LogP contribution is 2.13. The first-order valence-corrected chi connectivity index (χ1v) is 5.43. The van der Waals surface area contributed by atoms with Gasteiger partial charge in [0.2, 0.25) is 0 Å². The number of methoxy groups -OCH3 is 1. The Kier molecular flexibility index (Phi) is 2.78. The molecular formula is C5H8N2O3S2. The molecule has 0 unspecified atom stereocenters. The number of hydrogen-bond acceptors (Lipinski definition) is 5. The summed E-state index contributed by atoms with van der Waals surface area (Å²) >= 11 is 1.21. The van der Waals surface area contributed by atoms with Crippen LogP contribution in [0.1, 0.15) is 5.01 Å². The summed E-state index contributed by atoms with van der Waals surface area (Å²) in [6, 6.07) is 0. The molecule has 0 saturated carbocycles. The molecule has 1 aromatic rings. The lowest BCUT2D eigenvalue weighted by atomic mass is 10.7. The first-order valence-electron chi connectivity index (χ1n) is 3.00. The Morgan fingerprint density at radius 3 is 2.83 bits per heavy atom. The van der Waals surface area contributed by atoms with Gasteiger partial charge in [0.15, 0.2) is 5.03 Å². The molecule has 0 amide bonds. The van der Waals surface area contributed by atoms with Crippen molar-refractivity contribution >= 4 is 21.4 Å². The molecule has 2 N–H and O–H groups in total. The predicted molar refractivity (Wildman–Crippen MR) is 44.2 cm³/mol. The maximum atomic E-state index is 10.7. The van der Waals surface area contributed by atoms with Crippen molar-refractivity contribution in [3.63, 3.8) is 0 Å². The van der Waals surface area contributed by atoms with E-state index in [-0.39, 0.29) is 5.03 Å². The van der Waals surface area contributed by atoms with Crippen LogP contribution < -0.4 is 5.14 Å². The predicted octanol–water partition coefficient (Wildman–Crippen LogP) is -0.0631. The van der Waals surface area contributed by atoms with E-state index in [1.54, 1.807) is 0 Å². The summed E-state index contributed by atoms with van der Waals surface area (Å²) in [5, 5.41) is 6.74. The standard InChI is InChI=1S/C5H8N2O3S2/c1-10-2-4-7-5(3-11-4)12(6,8)9/h3H,2H2,1H3,(H2,6,8,9). The van der Waals surface area contributed by atoms with Gasteiger partial charge in [-0.25, -0.2) is 18.5 Å². The van der Waals surface area contributed by atoms with Crippen molar-refractivity contribution < 1.29 is 13.2 Å². The number of nitrogens with two attached hydrogens (primary N) is 1. The molecule has 0 bridgehead atoms. The molecule has 0 aliphatic rings. The number of primary sulfonamides is 1. The van der Waals surface area contributed by atoms with Gasteiger partial charge >= 0.3 is 0 Å². The maximum Gasteiger partial charge on any atom is 0.256 e. The van der Waals surface area contributed by atoms with E-state index in [1.165, 1.54) is 23.8 Å². The van der Waals surface area contributed by atoms with Gasteiger partial charge in [0.1, 0.15) is 5.01 Å². The van der Waals surface area contributed by atoms with Crippen LogP contribution in [0.25, 0.3) is 0 Å². The number of sulfonamides is 1. The average Bonchev–Trinajstić information content (AvgIpc) is 2.35. The van der Waals surface area contributed by atoms with Crippen LogP contribution in [0.2, 0.25) is 0 Å². The zero-order chi connectivity index (χ0) is 9.19. The molecule has 1 aromatic heterocycles. The largest absolute Gasteiger partial charge is 0.378 e. The topological polar surface area (TPSA) is 82.3 Å². The fourth-order valence-electron chi connectivity index (χ4n) is 0.614. The molecule has 0 atom stereocenters. The van der Waals surface area contributed by atoms with Crippen molar-refractivity contribution in [2.75, 3.05) is 7.11 Å². The third-order valence-electron chi connectivity index (χ3n) is 1.09. The monoisotopic (exact) mass is 208 g/mol. The zero-order valence-corrected chi connectivity index (χ0v) is 7.98. The van der Waals surface area contributed by atoms with Crippen LogP contribution in [-0.4, -0.2) is 20.5 Å². The lowest BCUT2D eigenvalue weighted by Crippen LogP contribution is -2.12. The Hall–Kier alpha value is -0.500. The lowest BCUT2D eigenvalue weighted by Gasteiger charge is -1.90. The molecule has 0 fully saturated rings. The van der Waals surface area contributed by atoms with Gasteiger partial charge in [0.05, 0.1) is 6.61 Å². The molecular weight excluding hydrogens is 200 g/mol. The van der Waals surface area contributed by atoms with Gasteiger partial charge in [-0.05, 0) is 0 Å². The Labute approximate surface area is 74.2 Å². The van der Waals surface area contributed by atoms with Crippen molar-refractivity contribution in [3.05, 3.63) is 10.4 Å². The van der Waals surface area contributed by atoms with Gasteiger partial charge in [-0.15, -0.1) is 11.3 Å². The van der Waals surface area contributed by atoms with Crippen molar-refractivity contribution in [2.45, 2.75) is 11.6 Å². The molecule has 5 nitrogen and oxygen atoms in total. The average molecular weight is 208 g/mol. The van der Waals surface area contributed by atoms with E-state index in [1.807, 2.05) is 0 Å². The first-order chi connectivity index (χ1) is 5.54. The van der Waals surface area contributed by atoms with Crippen LogP contribution in [0.4, 0.5) is 0 Å². The van der Waals surface area contributed by atoms with Gasteiger partial charge in [-0.2, -0.15) is 0 Å². The van der Waals surface area contributed by atoms with Crippen molar-refractivity contribution in [1.82, 2.24) is 4.98 Å². The highest BCUT2D eigenvalue weighted by atomic mass is 32.2. The fraction of sp³-hybridized carbons (Fsp3) is 0.400. The lowest BCUT2D eigenvalue weighted by molar-refractivity contribution is 0.184. The first kappa shape index (κ1) is 9.59. The zero-order valence-electron chi connectivity index (χ0n) is 6.35. The Morgan fingerprint density at radius 1 is 1.75 bits per heavy atom. The third-order valence-corrected chi connectivity index (χ3v) is 2.85. The maximum absolute atomic E-state index is 10.7.